The minimum Gasteiger partial charge on any atom is -0.271 e. The molecule has 4 heteroatoms. The summed E-state index contributed by atoms with van der Waals surface area (Å²) in [5.74, 6) is 5.27. The van der Waals surface area contributed by atoms with Crippen molar-refractivity contribution in [2.75, 3.05) is 0 Å². The van der Waals surface area contributed by atoms with Gasteiger partial charge in [0, 0.05) is 4.88 Å². The van der Waals surface area contributed by atoms with Gasteiger partial charge in [-0.15, -0.1) is 11.3 Å². The third-order valence-corrected chi connectivity index (χ3v) is 3.55. The van der Waals surface area contributed by atoms with Crippen LogP contribution in [-0.4, -0.2) is 4.98 Å². The first-order valence-corrected chi connectivity index (χ1v) is 5.62. The molecule has 13 heavy (non-hydrogen) atoms. The summed E-state index contributed by atoms with van der Waals surface area (Å²) in [7, 11) is 0. The van der Waals surface area contributed by atoms with Crippen molar-refractivity contribution in [3.63, 3.8) is 0 Å². The Morgan fingerprint density at radius 2 is 2.15 bits per heavy atom. The second-order valence-corrected chi connectivity index (χ2v) is 4.59. The fourth-order valence-corrected chi connectivity index (χ4v) is 2.85. The molecule has 72 valence electrons. The monoisotopic (exact) mass is 197 g/mol. The second-order valence-electron chi connectivity index (χ2n) is 3.42. The number of hydrogen-bond donors (Lipinski definition) is 2. The fourth-order valence-electron chi connectivity index (χ4n) is 1.75. The van der Waals surface area contributed by atoms with Crippen LogP contribution in [0.4, 0.5) is 0 Å². The standard InChI is InChI=1S/C9H15N3S/c10-11-6-9-12-7-4-2-1-3-5-8(7)13-9/h11H,1-6,10H2. The number of hydrazine groups is 1. The highest BCUT2D eigenvalue weighted by atomic mass is 32.1. The van der Waals surface area contributed by atoms with Gasteiger partial charge < -0.3 is 0 Å². The maximum atomic E-state index is 5.27. The summed E-state index contributed by atoms with van der Waals surface area (Å²) < 4.78 is 0. The van der Waals surface area contributed by atoms with E-state index in [2.05, 4.69) is 10.4 Å². The number of hydrogen-bond acceptors (Lipinski definition) is 4. The van der Waals surface area contributed by atoms with Gasteiger partial charge in [0.15, 0.2) is 0 Å². The van der Waals surface area contributed by atoms with E-state index in [0.717, 1.165) is 11.4 Å². The van der Waals surface area contributed by atoms with Crippen molar-refractivity contribution in [3.8, 4) is 0 Å². The summed E-state index contributed by atoms with van der Waals surface area (Å²) in [4.78, 5) is 6.07. The average molecular weight is 197 g/mol. The molecule has 3 N–H and O–H groups in total. The summed E-state index contributed by atoms with van der Waals surface area (Å²) in [6.45, 7) is 0.706. The lowest BCUT2D eigenvalue weighted by atomic mass is 10.2. The van der Waals surface area contributed by atoms with Gasteiger partial charge in [0.2, 0.25) is 0 Å². The summed E-state index contributed by atoms with van der Waals surface area (Å²) in [6.07, 6.45) is 6.36. The lowest BCUT2D eigenvalue weighted by Crippen LogP contribution is -2.20. The Bertz CT molecular complexity index is 259. The predicted octanol–water partition coefficient (Wildman–Crippen LogP) is 1.38. The zero-order valence-corrected chi connectivity index (χ0v) is 8.49. The first-order chi connectivity index (χ1) is 6.40. The van der Waals surface area contributed by atoms with E-state index < -0.39 is 0 Å². The normalized spacial score (nSPS) is 16.7. The van der Waals surface area contributed by atoms with E-state index in [1.165, 1.54) is 36.3 Å². The first kappa shape index (κ1) is 9.12. The molecule has 0 fully saturated rings. The molecule has 3 nitrogen and oxygen atoms in total. The predicted molar refractivity (Wildman–Crippen MR) is 54.4 cm³/mol. The van der Waals surface area contributed by atoms with Crippen LogP contribution in [0.3, 0.4) is 0 Å². The zero-order chi connectivity index (χ0) is 9.10. The van der Waals surface area contributed by atoms with Gasteiger partial charge in [-0.1, -0.05) is 6.42 Å². The number of thiazole rings is 1. The van der Waals surface area contributed by atoms with Crippen molar-refractivity contribution in [3.05, 3.63) is 15.6 Å². The Morgan fingerprint density at radius 1 is 1.31 bits per heavy atom. The van der Waals surface area contributed by atoms with E-state index in [0.29, 0.717) is 6.54 Å². The van der Waals surface area contributed by atoms with E-state index in [1.54, 1.807) is 0 Å². The molecule has 0 bridgehead atoms. The van der Waals surface area contributed by atoms with E-state index in [4.69, 9.17) is 5.84 Å². The van der Waals surface area contributed by atoms with Gasteiger partial charge in [-0.2, -0.15) is 0 Å². The van der Waals surface area contributed by atoms with Crippen LogP contribution in [0.15, 0.2) is 0 Å². The fraction of sp³-hybridized carbons (Fsp3) is 0.667. The van der Waals surface area contributed by atoms with E-state index in [1.807, 2.05) is 11.3 Å². The van der Waals surface area contributed by atoms with Crippen molar-refractivity contribution < 1.29 is 0 Å². The molecule has 0 saturated heterocycles. The van der Waals surface area contributed by atoms with Gasteiger partial charge in [-0.05, 0) is 25.7 Å². The number of aromatic nitrogens is 1. The van der Waals surface area contributed by atoms with Crippen molar-refractivity contribution in [1.82, 2.24) is 10.4 Å². The van der Waals surface area contributed by atoms with Gasteiger partial charge in [0.25, 0.3) is 0 Å². The molecule has 0 spiro atoms. The molecule has 0 radical (unpaired) electrons. The number of fused-ring (bicyclic) bond motifs is 1. The molecule has 0 aromatic carbocycles. The van der Waals surface area contributed by atoms with Gasteiger partial charge in [-0.3, -0.25) is 11.3 Å². The molecular weight excluding hydrogens is 182 g/mol. The van der Waals surface area contributed by atoms with E-state index in [-0.39, 0.29) is 0 Å². The van der Waals surface area contributed by atoms with Crippen LogP contribution in [0, 0.1) is 0 Å². The zero-order valence-electron chi connectivity index (χ0n) is 7.68. The molecular formula is C9H15N3S. The Labute approximate surface area is 82.3 Å². The maximum Gasteiger partial charge on any atom is 0.108 e. The number of rotatable bonds is 2. The largest absolute Gasteiger partial charge is 0.271 e. The van der Waals surface area contributed by atoms with Crippen LogP contribution in [0.25, 0.3) is 0 Å². The quantitative estimate of drug-likeness (QED) is 0.428. The number of aryl methyl sites for hydroxylation is 2. The molecule has 1 aromatic rings. The highest BCUT2D eigenvalue weighted by Gasteiger charge is 2.13. The first-order valence-electron chi connectivity index (χ1n) is 4.81. The topological polar surface area (TPSA) is 50.9 Å². The van der Waals surface area contributed by atoms with Gasteiger partial charge in [0.05, 0.1) is 12.2 Å². The molecule has 0 amide bonds. The van der Waals surface area contributed by atoms with E-state index >= 15 is 0 Å². The van der Waals surface area contributed by atoms with Crippen LogP contribution in [-0.2, 0) is 19.4 Å². The molecule has 1 aliphatic rings. The lowest BCUT2D eigenvalue weighted by Gasteiger charge is -1.93. The van der Waals surface area contributed by atoms with Crippen LogP contribution in [0.2, 0.25) is 0 Å². The molecule has 0 aliphatic heterocycles. The maximum absolute atomic E-state index is 5.27. The Balaban J connectivity index is 2.17. The van der Waals surface area contributed by atoms with Crippen molar-refractivity contribution in [1.29, 1.82) is 0 Å². The molecule has 1 aromatic heterocycles. The Hall–Kier alpha value is -0.450. The van der Waals surface area contributed by atoms with Crippen LogP contribution >= 0.6 is 11.3 Å². The van der Waals surface area contributed by atoms with E-state index in [9.17, 15) is 0 Å². The number of nitrogens with two attached hydrogens (primary N) is 1. The third kappa shape index (κ3) is 2.07. The average Bonchev–Trinajstić information content (AvgIpc) is 2.37. The molecule has 0 atom stereocenters. The lowest BCUT2D eigenvalue weighted by molar-refractivity contribution is 0.702. The highest BCUT2D eigenvalue weighted by Crippen LogP contribution is 2.25. The smallest absolute Gasteiger partial charge is 0.108 e. The minimum atomic E-state index is 0.706. The van der Waals surface area contributed by atoms with Gasteiger partial charge in [-0.25, -0.2) is 4.98 Å². The number of nitrogens with zero attached hydrogens (tertiary/aromatic N) is 1. The molecule has 0 unspecified atom stereocenters. The van der Waals surface area contributed by atoms with Crippen molar-refractivity contribution in [2.45, 2.75) is 38.6 Å². The second kappa shape index (κ2) is 4.17. The molecule has 1 heterocycles. The van der Waals surface area contributed by atoms with Crippen LogP contribution in [0.5, 0.6) is 0 Å². The molecule has 2 rings (SSSR count). The Kier molecular flexibility index (Phi) is 2.93. The summed E-state index contributed by atoms with van der Waals surface area (Å²) in [5.41, 5.74) is 3.98. The van der Waals surface area contributed by atoms with Gasteiger partial charge >= 0.3 is 0 Å². The summed E-state index contributed by atoms with van der Waals surface area (Å²) >= 11 is 1.82. The molecule has 1 aliphatic carbocycles. The SMILES string of the molecule is NNCc1nc2c(s1)CCCCC2. The third-order valence-electron chi connectivity index (χ3n) is 2.39. The van der Waals surface area contributed by atoms with Crippen molar-refractivity contribution >= 4 is 11.3 Å². The van der Waals surface area contributed by atoms with Crippen molar-refractivity contribution in [2.24, 2.45) is 5.84 Å². The minimum absolute atomic E-state index is 0.706. The van der Waals surface area contributed by atoms with Crippen LogP contribution in [0.1, 0.15) is 34.8 Å². The van der Waals surface area contributed by atoms with Gasteiger partial charge in [0.1, 0.15) is 5.01 Å². The summed E-state index contributed by atoms with van der Waals surface area (Å²) in [6, 6.07) is 0. The Morgan fingerprint density at radius 3 is 3.00 bits per heavy atom. The highest BCUT2D eigenvalue weighted by molar-refractivity contribution is 7.11. The van der Waals surface area contributed by atoms with Crippen LogP contribution < -0.4 is 11.3 Å². The number of nitrogens with one attached hydrogen (secondary N) is 1. The summed E-state index contributed by atoms with van der Waals surface area (Å²) in [5, 5.41) is 1.13. The molecule has 0 saturated carbocycles.